The van der Waals surface area contributed by atoms with Crippen molar-refractivity contribution in [1.29, 1.82) is 0 Å². The molecule has 2 aromatic rings. The van der Waals surface area contributed by atoms with Crippen LogP contribution in [0.5, 0.6) is 0 Å². The molecular formula is C19H25NO. The fourth-order valence-corrected chi connectivity index (χ4v) is 3.69. The molecule has 112 valence electrons. The van der Waals surface area contributed by atoms with Crippen LogP contribution in [-0.4, -0.2) is 10.8 Å². The number of aromatic amines is 1. The molecule has 1 saturated carbocycles. The van der Waals surface area contributed by atoms with Gasteiger partial charge in [-0.1, -0.05) is 57.2 Å². The Hall–Kier alpha value is -1.57. The van der Waals surface area contributed by atoms with Gasteiger partial charge in [0.2, 0.25) is 0 Å². The molecule has 0 saturated heterocycles. The molecule has 2 heteroatoms. The summed E-state index contributed by atoms with van der Waals surface area (Å²) in [5.74, 6) is 1.08. The number of H-pyrrole nitrogens is 1. The Morgan fingerprint density at radius 3 is 2.81 bits per heavy atom. The second kappa shape index (κ2) is 6.46. The van der Waals surface area contributed by atoms with Crippen LogP contribution in [0.25, 0.3) is 10.9 Å². The molecule has 1 aromatic heterocycles. The molecule has 1 N–H and O–H groups in total. The number of fused-ring (bicyclic) bond motifs is 1. The van der Waals surface area contributed by atoms with Crippen molar-refractivity contribution >= 4 is 16.7 Å². The Morgan fingerprint density at radius 1 is 1.24 bits per heavy atom. The fourth-order valence-electron chi connectivity index (χ4n) is 3.69. The van der Waals surface area contributed by atoms with Crippen LogP contribution in [0, 0.1) is 5.92 Å². The van der Waals surface area contributed by atoms with Gasteiger partial charge in [-0.05, 0) is 24.3 Å². The maximum Gasteiger partial charge on any atom is 0.165 e. The van der Waals surface area contributed by atoms with Crippen LogP contribution >= 0.6 is 0 Å². The number of carbonyl (C=O) groups is 1. The van der Waals surface area contributed by atoms with Gasteiger partial charge in [0, 0.05) is 29.1 Å². The van der Waals surface area contributed by atoms with E-state index in [1.807, 2.05) is 6.20 Å². The molecule has 0 unspecified atom stereocenters. The number of nitrogens with one attached hydrogen (secondary N) is 1. The predicted molar refractivity (Wildman–Crippen MR) is 87.8 cm³/mol. The van der Waals surface area contributed by atoms with Crippen molar-refractivity contribution < 1.29 is 4.79 Å². The first-order valence-electron chi connectivity index (χ1n) is 8.41. The number of aromatic nitrogens is 1. The van der Waals surface area contributed by atoms with Gasteiger partial charge < -0.3 is 4.98 Å². The second-order valence-corrected chi connectivity index (χ2v) is 6.36. The Bertz CT molecular complexity index is 620. The third-order valence-electron chi connectivity index (χ3n) is 4.99. The SMILES string of the molecule is CCc1cccc2c(C(=O)CCC3CCCCC3)c[nH]c12. The molecule has 3 rings (SSSR count). The number of benzene rings is 1. The summed E-state index contributed by atoms with van der Waals surface area (Å²) in [6.45, 7) is 2.15. The summed E-state index contributed by atoms with van der Waals surface area (Å²) < 4.78 is 0. The molecular weight excluding hydrogens is 258 g/mol. The summed E-state index contributed by atoms with van der Waals surface area (Å²) in [7, 11) is 0. The van der Waals surface area contributed by atoms with E-state index in [2.05, 4.69) is 30.1 Å². The van der Waals surface area contributed by atoms with Gasteiger partial charge in [0.1, 0.15) is 0 Å². The van der Waals surface area contributed by atoms with E-state index in [0.29, 0.717) is 12.2 Å². The number of hydrogen-bond acceptors (Lipinski definition) is 1. The first-order chi connectivity index (χ1) is 10.3. The van der Waals surface area contributed by atoms with Crippen molar-refractivity contribution in [3.05, 3.63) is 35.5 Å². The molecule has 2 nitrogen and oxygen atoms in total. The van der Waals surface area contributed by atoms with E-state index in [1.54, 1.807) is 0 Å². The minimum Gasteiger partial charge on any atom is -0.360 e. The van der Waals surface area contributed by atoms with Gasteiger partial charge in [-0.15, -0.1) is 0 Å². The van der Waals surface area contributed by atoms with Crippen molar-refractivity contribution in [2.24, 2.45) is 5.92 Å². The summed E-state index contributed by atoms with van der Waals surface area (Å²) in [6, 6.07) is 6.26. The zero-order chi connectivity index (χ0) is 14.7. The van der Waals surface area contributed by atoms with Gasteiger partial charge in [-0.25, -0.2) is 0 Å². The van der Waals surface area contributed by atoms with Crippen LogP contribution in [-0.2, 0) is 6.42 Å². The zero-order valence-corrected chi connectivity index (χ0v) is 13.0. The maximum absolute atomic E-state index is 12.5. The predicted octanol–water partition coefficient (Wildman–Crippen LogP) is 5.27. The molecule has 1 aliphatic rings. The summed E-state index contributed by atoms with van der Waals surface area (Å²) in [4.78, 5) is 15.8. The van der Waals surface area contributed by atoms with E-state index < -0.39 is 0 Å². The fraction of sp³-hybridized carbons (Fsp3) is 0.526. The normalized spacial score (nSPS) is 16.4. The zero-order valence-electron chi connectivity index (χ0n) is 13.0. The summed E-state index contributed by atoms with van der Waals surface area (Å²) in [5.41, 5.74) is 3.32. The number of aryl methyl sites for hydroxylation is 1. The lowest BCUT2D eigenvalue weighted by Crippen LogP contribution is -2.09. The van der Waals surface area contributed by atoms with E-state index in [0.717, 1.165) is 35.2 Å². The molecule has 1 fully saturated rings. The highest BCUT2D eigenvalue weighted by atomic mass is 16.1. The molecule has 0 atom stereocenters. The minimum atomic E-state index is 0.306. The van der Waals surface area contributed by atoms with E-state index >= 15 is 0 Å². The molecule has 0 radical (unpaired) electrons. The number of rotatable bonds is 5. The molecule has 0 spiro atoms. The molecule has 0 amide bonds. The van der Waals surface area contributed by atoms with Crippen molar-refractivity contribution in [1.82, 2.24) is 4.98 Å². The molecule has 0 aliphatic heterocycles. The Kier molecular flexibility index (Phi) is 4.42. The maximum atomic E-state index is 12.5. The van der Waals surface area contributed by atoms with Gasteiger partial charge in [0.05, 0.1) is 0 Å². The van der Waals surface area contributed by atoms with E-state index in [9.17, 15) is 4.79 Å². The van der Waals surface area contributed by atoms with Gasteiger partial charge in [-0.2, -0.15) is 0 Å². The topological polar surface area (TPSA) is 32.9 Å². The highest BCUT2D eigenvalue weighted by molar-refractivity contribution is 6.08. The standard InChI is InChI=1S/C19H25NO/c1-2-15-9-6-10-16-17(13-20-19(15)16)18(21)12-11-14-7-4-3-5-8-14/h6,9-10,13-14,20H,2-5,7-8,11-12H2,1H3. The van der Waals surface area contributed by atoms with E-state index in [-0.39, 0.29) is 0 Å². The lowest BCUT2D eigenvalue weighted by Gasteiger charge is -2.20. The molecule has 0 bridgehead atoms. The molecule has 1 aromatic carbocycles. The first kappa shape index (κ1) is 14.4. The highest BCUT2D eigenvalue weighted by Crippen LogP contribution is 2.29. The van der Waals surface area contributed by atoms with E-state index in [4.69, 9.17) is 0 Å². The quantitative estimate of drug-likeness (QED) is 0.745. The first-order valence-corrected chi connectivity index (χ1v) is 8.41. The van der Waals surface area contributed by atoms with Crippen LogP contribution in [0.4, 0.5) is 0 Å². The third kappa shape index (κ3) is 3.04. The number of para-hydroxylation sites is 1. The van der Waals surface area contributed by atoms with Crippen LogP contribution in [0.2, 0.25) is 0 Å². The summed E-state index contributed by atoms with van der Waals surface area (Å²) >= 11 is 0. The summed E-state index contributed by atoms with van der Waals surface area (Å²) in [6.07, 6.45) is 11.4. The number of Topliss-reactive ketones (excluding diaryl/α,β-unsaturated/α-hetero) is 1. The second-order valence-electron chi connectivity index (χ2n) is 6.36. The van der Waals surface area contributed by atoms with Crippen molar-refractivity contribution in [2.45, 2.75) is 58.3 Å². The lowest BCUT2D eigenvalue weighted by atomic mass is 9.85. The average Bonchev–Trinajstić information content (AvgIpc) is 2.97. The molecule has 1 heterocycles. The van der Waals surface area contributed by atoms with Gasteiger partial charge in [-0.3, -0.25) is 4.79 Å². The van der Waals surface area contributed by atoms with Gasteiger partial charge >= 0.3 is 0 Å². The van der Waals surface area contributed by atoms with Crippen molar-refractivity contribution in [2.75, 3.05) is 0 Å². The smallest absolute Gasteiger partial charge is 0.165 e. The number of hydrogen-bond donors (Lipinski definition) is 1. The number of ketones is 1. The largest absolute Gasteiger partial charge is 0.360 e. The van der Waals surface area contributed by atoms with Crippen molar-refractivity contribution in [3.63, 3.8) is 0 Å². The van der Waals surface area contributed by atoms with Crippen LogP contribution in [0.1, 0.15) is 67.8 Å². The molecule has 21 heavy (non-hydrogen) atoms. The van der Waals surface area contributed by atoms with Gasteiger partial charge in [0.15, 0.2) is 5.78 Å². The lowest BCUT2D eigenvalue weighted by molar-refractivity contribution is 0.0972. The Morgan fingerprint density at radius 2 is 2.05 bits per heavy atom. The van der Waals surface area contributed by atoms with Crippen LogP contribution in [0.3, 0.4) is 0 Å². The van der Waals surface area contributed by atoms with Crippen LogP contribution < -0.4 is 0 Å². The van der Waals surface area contributed by atoms with E-state index in [1.165, 1.54) is 37.7 Å². The van der Waals surface area contributed by atoms with Crippen LogP contribution in [0.15, 0.2) is 24.4 Å². The van der Waals surface area contributed by atoms with Crippen molar-refractivity contribution in [3.8, 4) is 0 Å². The Labute approximate surface area is 126 Å². The Balaban J connectivity index is 1.72. The minimum absolute atomic E-state index is 0.306. The summed E-state index contributed by atoms with van der Waals surface area (Å²) in [5, 5.41) is 1.10. The third-order valence-corrected chi connectivity index (χ3v) is 4.99. The number of carbonyl (C=O) groups excluding carboxylic acids is 1. The van der Waals surface area contributed by atoms with Gasteiger partial charge in [0.25, 0.3) is 0 Å². The monoisotopic (exact) mass is 283 g/mol. The molecule has 1 aliphatic carbocycles. The average molecular weight is 283 g/mol. The highest BCUT2D eigenvalue weighted by Gasteiger charge is 2.17.